The quantitative estimate of drug-likeness (QED) is 0.731. The fourth-order valence-corrected chi connectivity index (χ4v) is 1.47. The van der Waals surface area contributed by atoms with Crippen molar-refractivity contribution in [1.82, 2.24) is 0 Å². The van der Waals surface area contributed by atoms with Gasteiger partial charge >= 0.3 is 0 Å². The predicted molar refractivity (Wildman–Crippen MR) is 49.2 cm³/mol. The Kier molecular flexibility index (Phi) is 2.61. The number of nitrogens with two attached hydrogens (primary N) is 1. The lowest BCUT2D eigenvalue weighted by molar-refractivity contribution is 0.584. The molecule has 4 nitrogen and oxygen atoms in total. The van der Waals surface area contributed by atoms with Gasteiger partial charge in [-0.3, -0.25) is 4.72 Å². The lowest BCUT2D eigenvalue weighted by atomic mass is 10.2. The number of hydrogen-bond donors (Lipinski definition) is 2. The fourth-order valence-electron chi connectivity index (χ4n) is 0.887. The first-order valence-corrected chi connectivity index (χ1v) is 5.41. The molecule has 0 aliphatic rings. The standard InChI is InChI=1S/C7H8F2N2O2S/c1-14(12,13)11-7-5(9)2-4(8)3-6(7)10/h2-3,11H,10H2,1H3. The van der Waals surface area contributed by atoms with Crippen LogP contribution in [0.2, 0.25) is 0 Å². The largest absolute Gasteiger partial charge is 0.397 e. The molecule has 14 heavy (non-hydrogen) atoms. The third kappa shape index (κ3) is 2.56. The first kappa shape index (κ1) is 10.7. The number of hydrogen-bond acceptors (Lipinski definition) is 3. The summed E-state index contributed by atoms with van der Waals surface area (Å²) < 4.78 is 48.9. The normalized spacial score (nSPS) is 11.4. The van der Waals surface area contributed by atoms with E-state index >= 15 is 0 Å². The number of halogens is 2. The number of benzene rings is 1. The van der Waals surface area contributed by atoms with Crippen molar-refractivity contribution in [1.29, 1.82) is 0 Å². The number of rotatable bonds is 2. The predicted octanol–water partition coefficient (Wildman–Crippen LogP) is 0.918. The van der Waals surface area contributed by atoms with E-state index in [4.69, 9.17) is 5.73 Å². The van der Waals surface area contributed by atoms with Crippen LogP contribution in [0, 0.1) is 11.6 Å². The zero-order valence-corrected chi connectivity index (χ0v) is 8.03. The number of sulfonamides is 1. The van der Waals surface area contributed by atoms with E-state index in [9.17, 15) is 17.2 Å². The van der Waals surface area contributed by atoms with Crippen molar-refractivity contribution in [2.24, 2.45) is 0 Å². The average molecular weight is 222 g/mol. The van der Waals surface area contributed by atoms with E-state index in [1.54, 1.807) is 0 Å². The van der Waals surface area contributed by atoms with Gasteiger partial charge in [0.15, 0.2) is 5.82 Å². The summed E-state index contributed by atoms with van der Waals surface area (Å²) in [6, 6.07) is 1.38. The zero-order chi connectivity index (χ0) is 10.9. The molecule has 0 unspecified atom stereocenters. The van der Waals surface area contributed by atoms with Crippen LogP contribution in [0.25, 0.3) is 0 Å². The Bertz CT molecular complexity index is 436. The van der Waals surface area contributed by atoms with Gasteiger partial charge in [0, 0.05) is 6.07 Å². The molecule has 0 spiro atoms. The van der Waals surface area contributed by atoms with Crippen LogP contribution in [0.15, 0.2) is 12.1 Å². The summed E-state index contributed by atoms with van der Waals surface area (Å²) in [5.41, 5.74) is 4.49. The van der Waals surface area contributed by atoms with Crippen LogP contribution < -0.4 is 10.5 Å². The maximum absolute atomic E-state index is 13.0. The molecular formula is C7H8F2N2O2S. The van der Waals surface area contributed by atoms with Crippen molar-refractivity contribution < 1.29 is 17.2 Å². The first-order valence-electron chi connectivity index (χ1n) is 3.52. The van der Waals surface area contributed by atoms with Crippen molar-refractivity contribution in [3.8, 4) is 0 Å². The summed E-state index contributed by atoms with van der Waals surface area (Å²) in [6.45, 7) is 0. The second kappa shape index (κ2) is 3.41. The molecule has 3 N–H and O–H groups in total. The van der Waals surface area contributed by atoms with Gasteiger partial charge in [-0.05, 0) is 6.07 Å². The monoisotopic (exact) mass is 222 g/mol. The molecule has 78 valence electrons. The van der Waals surface area contributed by atoms with Crippen LogP contribution in [0.3, 0.4) is 0 Å². The highest BCUT2D eigenvalue weighted by Crippen LogP contribution is 2.24. The minimum atomic E-state index is -3.63. The molecule has 0 saturated carbocycles. The Morgan fingerprint density at radius 1 is 1.36 bits per heavy atom. The molecular weight excluding hydrogens is 214 g/mol. The van der Waals surface area contributed by atoms with Gasteiger partial charge in [0.05, 0.1) is 11.9 Å². The van der Waals surface area contributed by atoms with Crippen LogP contribution in [0.4, 0.5) is 20.2 Å². The summed E-state index contributed by atoms with van der Waals surface area (Å²) in [4.78, 5) is 0. The van der Waals surface area contributed by atoms with E-state index in [0.29, 0.717) is 6.07 Å². The summed E-state index contributed by atoms with van der Waals surface area (Å²) in [7, 11) is -3.63. The Labute approximate surface area is 79.8 Å². The van der Waals surface area contributed by atoms with Gasteiger partial charge in [0.1, 0.15) is 11.5 Å². The molecule has 7 heteroatoms. The molecule has 0 amide bonds. The highest BCUT2D eigenvalue weighted by atomic mass is 32.2. The summed E-state index contributed by atoms with van der Waals surface area (Å²) in [5.74, 6) is -1.91. The molecule has 0 atom stereocenters. The van der Waals surface area contributed by atoms with Gasteiger partial charge in [-0.1, -0.05) is 0 Å². The molecule has 1 aromatic rings. The molecule has 0 heterocycles. The van der Waals surface area contributed by atoms with Crippen LogP contribution in [0.1, 0.15) is 0 Å². The van der Waals surface area contributed by atoms with Crippen molar-refractivity contribution in [3.05, 3.63) is 23.8 Å². The number of nitrogen functional groups attached to an aromatic ring is 1. The van der Waals surface area contributed by atoms with Gasteiger partial charge in [0.25, 0.3) is 0 Å². The molecule has 0 aliphatic carbocycles. The Hall–Kier alpha value is -1.37. The molecule has 0 radical (unpaired) electrons. The highest BCUT2D eigenvalue weighted by Gasteiger charge is 2.12. The van der Waals surface area contributed by atoms with Gasteiger partial charge in [-0.2, -0.15) is 0 Å². The van der Waals surface area contributed by atoms with E-state index in [1.807, 2.05) is 4.72 Å². The van der Waals surface area contributed by atoms with Crippen LogP contribution >= 0.6 is 0 Å². The molecule has 0 aromatic heterocycles. The van der Waals surface area contributed by atoms with E-state index in [0.717, 1.165) is 12.3 Å². The second-order valence-corrected chi connectivity index (χ2v) is 4.47. The first-order chi connectivity index (χ1) is 6.29. The van der Waals surface area contributed by atoms with Crippen molar-refractivity contribution >= 4 is 21.4 Å². The molecule has 0 aliphatic heterocycles. The van der Waals surface area contributed by atoms with Crippen LogP contribution in [-0.4, -0.2) is 14.7 Å². The average Bonchev–Trinajstić information content (AvgIpc) is 1.95. The van der Waals surface area contributed by atoms with Crippen LogP contribution in [0.5, 0.6) is 0 Å². The maximum Gasteiger partial charge on any atom is 0.229 e. The zero-order valence-electron chi connectivity index (χ0n) is 7.21. The third-order valence-electron chi connectivity index (χ3n) is 1.37. The van der Waals surface area contributed by atoms with E-state index < -0.39 is 27.3 Å². The van der Waals surface area contributed by atoms with Gasteiger partial charge < -0.3 is 5.73 Å². The smallest absolute Gasteiger partial charge is 0.229 e. The Balaban J connectivity index is 3.22. The Morgan fingerprint density at radius 3 is 2.36 bits per heavy atom. The van der Waals surface area contributed by atoms with Gasteiger partial charge in [-0.15, -0.1) is 0 Å². The molecule has 0 bridgehead atoms. The molecule has 0 saturated heterocycles. The van der Waals surface area contributed by atoms with E-state index in [2.05, 4.69) is 0 Å². The highest BCUT2D eigenvalue weighted by molar-refractivity contribution is 7.92. The summed E-state index contributed by atoms with van der Waals surface area (Å²) in [6.07, 6.45) is 0.842. The van der Waals surface area contributed by atoms with Gasteiger partial charge in [-0.25, -0.2) is 17.2 Å². The summed E-state index contributed by atoms with van der Waals surface area (Å²) in [5, 5.41) is 0. The van der Waals surface area contributed by atoms with Crippen molar-refractivity contribution in [2.45, 2.75) is 0 Å². The van der Waals surface area contributed by atoms with Crippen molar-refractivity contribution in [2.75, 3.05) is 16.7 Å². The van der Waals surface area contributed by atoms with Gasteiger partial charge in [0.2, 0.25) is 10.0 Å². The second-order valence-electron chi connectivity index (χ2n) is 2.73. The molecule has 1 rings (SSSR count). The lowest BCUT2D eigenvalue weighted by Gasteiger charge is -2.08. The lowest BCUT2D eigenvalue weighted by Crippen LogP contribution is -2.13. The van der Waals surface area contributed by atoms with Crippen LogP contribution in [-0.2, 0) is 10.0 Å². The Morgan fingerprint density at radius 2 is 1.93 bits per heavy atom. The minimum absolute atomic E-state index is 0.298. The maximum atomic E-state index is 13.0. The minimum Gasteiger partial charge on any atom is -0.397 e. The topological polar surface area (TPSA) is 72.2 Å². The summed E-state index contributed by atoms with van der Waals surface area (Å²) >= 11 is 0. The number of nitrogens with one attached hydrogen (secondary N) is 1. The molecule has 0 fully saturated rings. The SMILES string of the molecule is CS(=O)(=O)Nc1c(N)cc(F)cc1F. The molecule has 1 aromatic carbocycles. The third-order valence-corrected chi connectivity index (χ3v) is 1.95. The fraction of sp³-hybridized carbons (Fsp3) is 0.143. The number of anilines is 2. The van der Waals surface area contributed by atoms with Crippen molar-refractivity contribution in [3.63, 3.8) is 0 Å². The van der Waals surface area contributed by atoms with E-state index in [1.165, 1.54) is 0 Å². The van der Waals surface area contributed by atoms with E-state index in [-0.39, 0.29) is 5.69 Å².